The van der Waals surface area contributed by atoms with E-state index in [9.17, 15) is 15.3 Å². The van der Waals surface area contributed by atoms with Crippen LogP contribution in [0.2, 0.25) is 0 Å². The lowest BCUT2D eigenvalue weighted by molar-refractivity contribution is -0.301. The van der Waals surface area contributed by atoms with E-state index < -0.39 is 33.9 Å². The smallest absolute Gasteiger partial charge is 0.373 e. The molecule has 0 aliphatic heterocycles. The Hall–Kier alpha value is -2.85. The number of methoxy groups -OCH3 is 2. The number of carbonyl (C=O) groups is 1. The molecule has 0 spiro atoms. The largest absolute Gasteiger partial charge is 0.379 e. The number of benzene rings is 1. The second-order valence-electron chi connectivity index (χ2n) is 11.3. The molecule has 0 aliphatic rings. The fourth-order valence-electron chi connectivity index (χ4n) is 3.74. The summed E-state index contributed by atoms with van der Waals surface area (Å²) in [7, 11) is 3.11. The first kappa shape index (κ1) is 31.2. The van der Waals surface area contributed by atoms with Gasteiger partial charge in [-0.25, -0.2) is 4.79 Å². The van der Waals surface area contributed by atoms with Crippen LogP contribution in [0, 0.1) is 22.7 Å². The van der Waals surface area contributed by atoms with Gasteiger partial charge in [0.05, 0.1) is 28.9 Å². The molecule has 36 heavy (non-hydrogen) atoms. The molecule has 0 amide bonds. The van der Waals surface area contributed by atoms with E-state index in [-0.39, 0.29) is 6.42 Å². The topological polar surface area (TPSA) is 126 Å². The number of carbonyl (C=O) groups excluding carboxylic acids is 1. The molecule has 1 rings (SSSR count). The van der Waals surface area contributed by atoms with Crippen LogP contribution in [0.3, 0.4) is 0 Å². The maximum absolute atomic E-state index is 12.7. The van der Waals surface area contributed by atoms with E-state index >= 15 is 0 Å². The van der Waals surface area contributed by atoms with Crippen LogP contribution in [0.15, 0.2) is 34.5 Å². The molecule has 0 saturated carbocycles. The number of azo groups is 1. The van der Waals surface area contributed by atoms with Gasteiger partial charge >= 0.3 is 5.97 Å². The van der Waals surface area contributed by atoms with E-state index in [4.69, 9.17) is 19.2 Å². The van der Waals surface area contributed by atoms with Crippen molar-refractivity contribution in [2.24, 2.45) is 10.2 Å². The summed E-state index contributed by atoms with van der Waals surface area (Å²) in [5.74, 6) is -0.618. The molecule has 0 bridgehead atoms. The van der Waals surface area contributed by atoms with Gasteiger partial charge in [0, 0.05) is 33.5 Å². The van der Waals surface area contributed by atoms with Gasteiger partial charge < -0.3 is 9.47 Å². The van der Waals surface area contributed by atoms with Crippen molar-refractivity contribution in [1.82, 2.24) is 0 Å². The first-order valence-corrected chi connectivity index (χ1v) is 11.8. The summed E-state index contributed by atoms with van der Waals surface area (Å²) in [6, 6.07) is 11.4. The van der Waals surface area contributed by atoms with Gasteiger partial charge in [-0.05, 0) is 67.0 Å². The Balaban J connectivity index is 3.21. The molecular weight excluding hydrogens is 460 g/mol. The number of nitriles is 2. The van der Waals surface area contributed by atoms with E-state index in [1.165, 1.54) is 0 Å². The van der Waals surface area contributed by atoms with Crippen LogP contribution in [-0.4, -0.2) is 48.1 Å². The number of hydrogen-bond acceptors (Lipinski definition) is 9. The van der Waals surface area contributed by atoms with Crippen LogP contribution in [0.5, 0.6) is 0 Å². The van der Waals surface area contributed by atoms with Crippen molar-refractivity contribution >= 4 is 5.97 Å². The van der Waals surface area contributed by atoms with Crippen LogP contribution in [0.4, 0.5) is 0 Å². The van der Waals surface area contributed by atoms with Gasteiger partial charge in [0.15, 0.2) is 11.1 Å². The molecule has 9 heteroatoms. The third-order valence-electron chi connectivity index (χ3n) is 5.68. The molecule has 9 nitrogen and oxygen atoms in total. The van der Waals surface area contributed by atoms with Gasteiger partial charge in [-0.1, -0.05) is 18.2 Å². The maximum atomic E-state index is 12.7. The second kappa shape index (κ2) is 11.9. The Morgan fingerprint density at radius 3 is 1.86 bits per heavy atom. The number of nitrogens with zero attached hydrogens (tertiary/aromatic N) is 4. The van der Waals surface area contributed by atoms with E-state index in [1.54, 1.807) is 67.0 Å². The molecule has 0 aromatic heterocycles. The fourth-order valence-corrected chi connectivity index (χ4v) is 3.74. The monoisotopic (exact) mass is 500 g/mol. The minimum absolute atomic E-state index is 0.160. The first-order chi connectivity index (χ1) is 16.4. The quantitative estimate of drug-likeness (QED) is 0.203. The standard InChI is InChI=1S/C27H40N4O5/c1-23(2,3)36-35-22(32)21-14-12-11-13-20(21)15-27(8,34-10)17-26(7,19-29)31-30-25(6,18-28)16-24(4,5)33-9/h11-14H,15-17H2,1-10H3. The first-order valence-electron chi connectivity index (χ1n) is 11.8. The molecular formula is C27H40N4O5. The third-order valence-corrected chi connectivity index (χ3v) is 5.68. The maximum Gasteiger partial charge on any atom is 0.373 e. The summed E-state index contributed by atoms with van der Waals surface area (Å²) in [6.45, 7) is 14.2. The number of ether oxygens (including phenoxy) is 2. The zero-order valence-corrected chi connectivity index (χ0v) is 23.3. The molecule has 198 valence electrons. The van der Waals surface area contributed by atoms with Crippen molar-refractivity contribution < 1.29 is 24.0 Å². The van der Waals surface area contributed by atoms with Gasteiger partial charge in [0.25, 0.3) is 0 Å². The Morgan fingerprint density at radius 2 is 1.39 bits per heavy atom. The predicted octanol–water partition coefficient (Wildman–Crippen LogP) is 5.74. The lowest BCUT2D eigenvalue weighted by Crippen LogP contribution is -2.40. The Bertz CT molecular complexity index is 1020. The van der Waals surface area contributed by atoms with Crippen LogP contribution in [-0.2, 0) is 25.7 Å². The average molecular weight is 501 g/mol. The Morgan fingerprint density at radius 1 is 0.861 bits per heavy atom. The van der Waals surface area contributed by atoms with Gasteiger partial charge in [0.1, 0.15) is 5.60 Å². The normalized spacial score (nSPS) is 17.3. The summed E-state index contributed by atoms with van der Waals surface area (Å²) in [6.07, 6.45) is 0.753. The third kappa shape index (κ3) is 9.66. The molecule has 1 aromatic carbocycles. The van der Waals surface area contributed by atoms with Crippen molar-refractivity contribution in [3.63, 3.8) is 0 Å². The minimum atomic E-state index is -1.29. The van der Waals surface area contributed by atoms with Crippen LogP contribution < -0.4 is 0 Å². The highest BCUT2D eigenvalue weighted by Crippen LogP contribution is 2.33. The predicted molar refractivity (Wildman–Crippen MR) is 135 cm³/mol. The fraction of sp³-hybridized carbons (Fsp3) is 0.667. The molecule has 1 aromatic rings. The SMILES string of the molecule is COC(C)(C)CC(C)(C#N)N=NC(C)(C#N)CC(C)(Cc1ccccc1C(=O)OOC(C)(C)C)OC. The van der Waals surface area contributed by atoms with Crippen molar-refractivity contribution in [2.45, 2.75) is 103 Å². The highest BCUT2D eigenvalue weighted by molar-refractivity contribution is 5.90. The zero-order chi connectivity index (χ0) is 27.8. The average Bonchev–Trinajstić information content (AvgIpc) is 2.81. The van der Waals surface area contributed by atoms with E-state index in [0.717, 1.165) is 0 Å². The van der Waals surface area contributed by atoms with Gasteiger partial charge in [0.2, 0.25) is 0 Å². The molecule has 0 radical (unpaired) electrons. The molecule has 0 saturated heterocycles. The van der Waals surface area contributed by atoms with E-state index in [1.807, 2.05) is 26.8 Å². The summed E-state index contributed by atoms with van der Waals surface area (Å²) in [5.41, 5.74) is -3.59. The second-order valence-corrected chi connectivity index (χ2v) is 11.3. The molecule has 0 aliphatic carbocycles. The highest BCUT2D eigenvalue weighted by atomic mass is 17.2. The number of hydrogen-bond donors (Lipinski definition) is 0. The molecule has 0 heterocycles. The van der Waals surface area contributed by atoms with Crippen LogP contribution in [0.1, 0.15) is 84.2 Å². The van der Waals surface area contributed by atoms with Crippen molar-refractivity contribution in [3.05, 3.63) is 35.4 Å². The lowest BCUT2D eigenvalue weighted by atomic mass is 9.83. The summed E-state index contributed by atoms with van der Waals surface area (Å²) in [4.78, 5) is 22.9. The van der Waals surface area contributed by atoms with Crippen molar-refractivity contribution in [1.29, 1.82) is 10.5 Å². The number of rotatable bonds is 12. The van der Waals surface area contributed by atoms with Crippen LogP contribution >= 0.6 is 0 Å². The van der Waals surface area contributed by atoms with Gasteiger partial charge in [-0.3, -0.25) is 4.89 Å². The van der Waals surface area contributed by atoms with E-state index in [2.05, 4.69) is 22.4 Å². The molecule has 0 N–H and O–H groups in total. The van der Waals surface area contributed by atoms with Crippen molar-refractivity contribution in [3.8, 4) is 12.1 Å². The van der Waals surface area contributed by atoms with E-state index in [0.29, 0.717) is 24.0 Å². The molecule has 3 unspecified atom stereocenters. The van der Waals surface area contributed by atoms with Crippen LogP contribution in [0.25, 0.3) is 0 Å². The minimum Gasteiger partial charge on any atom is -0.379 e. The van der Waals surface area contributed by atoms with Crippen molar-refractivity contribution in [2.75, 3.05) is 14.2 Å². The lowest BCUT2D eigenvalue weighted by Gasteiger charge is -2.34. The Kier molecular flexibility index (Phi) is 10.3. The zero-order valence-electron chi connectivity index (χ0n) is 23.3. The van der Waals surface area contributed by atoms with Gasteiger partial charge in [-0.15, -0.1) is 0 Å². The summed E-state index contributed by atoms with van der Waals surface area (Å²) >= 11 is 0. The highest BCUT2D eigenvalue weighted by Gasteiger charge is 2.39. The molecule has 3 atom stereocenters. The summed E-state index contributed by atoms with van der Waals surface area (Å²) < 4.78 is 11.3. The summed E-state index contributed by atoms with van der Waals surface area (Å²) in [5, 5.41) is 28.3. The molecule has 0 fully saturated rings. The van der Waals surface area contributed by atoms with Gasteiger partial charge in [-0.2, -0.15) is 25.6 Å². The Labute approximate surface area is 215 Å².